The van der Waals surface area contributed by atoms with Gasteiger partial charge in [0, 0.05) is 16.5 Å². The fourth-order valence-corrected chi connectivity index (χ4v) is 5.23. The second-order valence-corrected chi connectivity index (χ2v) is 10.6. The number of amides is 1. The summed E-state index contributed by atoms with van der Waals surface area (Å²) in [5.74, 6) is -1.62. The van der Waals surface area contributed by atoms with E-state index < -0.39 is 17.9 Å². The molecule has 1 N–H and O–H groups in total. The molecule has 36 heavy (non-hydrogen) atoms. The lowest BCUT2D eigenvalue weighted by atomic mass is 10.0. The summed E-state index contributed by atoms with van der Waals surface area (Å²) >= 11 is 9.82. The van der Waals surface area contributed by atoms with E-state index in [1.165, 1.54) is 11.0 Å². The first-order chi connectivity index (χ1) is 17.3. The molecule has 3 aromatic rings. The number of carbonyl (C=O) groups excluding carboxylic acids is 2. The average molecular weight is 579 g/mol. The van der Waals surface area contributed by atoms with Crippen LogP contribution in [0.4, 0.5) is 0 Å². The van der Waals surface area contributed by atoms with Crippen LogP contribution in [0, 0.1) is 0 Å². The second kappa shape index (κ2) is 11.6. The smallest absolute Gasteiger partial charge is 0.327 e. The Bertz CT molecular complexity index is 1370. The number of ketones is 1. The standard InChI is InChI=1S/C28H20BrNO4S2/c29-22-13-11-21(12-14-22)24(31)15-10-18-6-8-20(9-7-18)17-25-26(32)30(28(35)36-25)23(27(33)34)16-19-4-2-1-3-5-19/h1-15,17,23H,16H2,(H,33,34)/b15-10+,25-17-. The van der Waals surface area contributed by atoms with Gasteiger partial charge in [0.15, 0.2) is 5.78 Å². The number of hydrogen-bond donors (Lipinski definition) is 1. The molecule has 1 aliphatic rings. The minimum Gasteiger partial charge on any atom is -0.480 e. The number of thioether (sulfide) groups is 1. The van der Waals surface area contributed by atoms with E-state index in [1.54, 1.807) is 24.3 Å². The molecule has 1 saturated heterocycles. The number of carboxylic acids is 1. The summed E-state index contributed by atoms with van der Waals surface area (Å²) in [7, 11) is 0. The van der Waals surface area contributed by atoms with Gasteiger partial charge in [-0.05, 0) is 53.1 Å². The van der Waals surface area contributed by atoms with Crippen LogP contribution in [-0.4, -0.2) is 38.0 Å². The van der Waals surface area contributed by atoms with Crippen LogP contribution in [0.1, 0.15) is 27.0 Å². The van der Waals surface area contributed by atoms with Crippen LogP contribution >= 0.6 is 39.9 Å². The van der Waals surface area contributed by atoms with Crippen molar-refractivity contribution in [2.75, 3.05) is 0 Å². The third-order valence-corrected chi connectivity index (χ3v) is 7.34. The number of halogens is 1. The van der Waals surface area contributed by atoms with Gasteiger partial charge >= 0.3 is 5.97 Å². The van der Waals surface area contributed by atoms with Crippen LogP contribution in [0.3, 0.4) is 0 Å². The highest BCUT2D eigenvalue weighted by atomic mass is 79.9. The minimum atomic E-state index is -1.11. The molecule has 8 heteroatoms. The van der Waals surface area contributed by atoms with Crippen LogP contribution in [0.5, 0.6) is 0 Å². The molecule has 0 saturated carbocycles. The van der Waals surface area contributed by atoms with E-state index in [9.17, 15) is 19.5 Å². The predicted octanol–water partition coefficient (Wildman–Crippen LogP) is 6.24. The lowest BCUT2D eigenvalue weighted by Gasteiger charge is -2.23. The van der Waals surface area contributed by atoms with Crippen LogP contribution in [0.2, 0.25) is 0 Å². The zero-order valence-corrected chi connectivity index (χ0v) is 22.1. The van der Waals surface area contributed by atoms with Gasteiger partial charge in [0.25, 0.3) is 5.91 Å². The molecule has 1 heterocycles. The topological polar surface area (TPSA) is 74.7 Å². The Hall–Kier alpha value is -3.33. The molecule has 3 aromatic carbocycles. The summed E-state index contributed by atoms with van der Waals surface area (Å²) in [5.41, 5.74) is 3.01. The fourth-order valence-electron chi connectivity index (χ4n) is 3.61. The summed E-state index contributed by atoms with van der Waals surface area (Å²) in [6.45, 7) is 0. The van der Waals surface area contributed by atoms with Gasteiger partial charge in [0.05, 0.1) is 4.91 Å². The predicted molar refractivity (Wildman–Crippen MR) is 151 cm³/mol. The number of benzene rings is 3. The molecular formula is C28H20BrNO4S2. The van der Waals surface area contributed by atoms with Gasteiger partial charge in [-0.3, -0.25) is 14.5 Å². The van der Waals surface area contributed by atoms with E-state index in [-0.39, 0.29) is 16.5 Å². The molecule has 4 rings (SSSR count). The fraction of sp³-hybridized carbons (Fsp3) is 0.0714. The first-order valence-electron chi connectivity index (χ1n) is 10.9. The van der Waals surface area contributed by atoms with Crippen molar-refractivity contribution in [2.45, 2.75) is 12.5 Å². The van der Waals surface area contributed by atoms with E-state index >= 15 is 0 Å². The van der Waals surface area contributed by atoms with Crippen molar-refractivity contribution in [1.29, 1.82) is 0 Å². The first kappa shape index (κ1) is 25.8. The Morgan fingerprint density at radius 3 is 2.25 bits per heavy atom. The van der Waals surface area contributed by atoms with Gasteiger partial charge in [0.2, 0.25) is 0 Å². The SMILES string of the molecule is O=C(/C=C/c1ccc(/C=C2\SC(=S)N(C(Cc3ccccc3)C(=O)O)C2=O)cc1)c1ccc(Br)cc1. The summed E-state index contributed by atoms with van der Waals surface area (Å²) in [6, 6.07) is 22.6. The number of carboxylic acid groups (broad SMARTS) is 1. The maximum atomic E-state index is 13.1. The van der Waals surface area contributed by atoms with Gasteiger partial charge in [-0.25, -0.2) is 4.79 Å². The van der Waals surface area contributed by atoms with Gasteiger partial charge in [-0.15, -0.1) is 0 Å². The van der Waals surface area contributed by atoms with Crippen LogP contribution < -0.4 is 0 Å². The molecule has 0 spiro atoms. The normalized spacial score (nSPS) is 15.6. The van der Waals surface area contributed by atoms with E-state index in [2.05, 4.69) is 15.9 Å². The molecule has 1 aliphatic heterocycles. The van der Waals surface area contributed by atoms with Gasteiger partial charge in [-0.1, -0.05) is 101 Å². The van der Waals surface area contributed by atoms with Crippen molar-refractivity contribution in [1.82, 2.24) is 4.90 Å². The Morgan fingerprint density at radius 2 is 1.61 bits per heavy atom. The zero-order chi connectivity index (χ0) is 25.7. The van der Waals surface area contributed by atoms with Crippen molar-refractivity contribution in [3.63, 3.8) is 0 Å². The summed E-state index contributed by atoms with van der Waals surface area (Å²) in [6.07, 6.45) is 5.11. The number of allylic oxidation sites excluding steroid dienone is 1. The van der Waals surface area contributed by atoms with E-state index in [4.69, 9.17) is 12.2 Å². The maximum absolute atomic E-state index is 13.1. The Balaban J connectivity index is 1.46. The largest absolute Gasteiger partial charge is 0.480 e. The van der Waals surface area contributed by atoms with Crippen LogP contribution in [-0.2, 0) is 16.0 Å². The van der Waals surface area contributed by atoms with E-state index in [0.29, 0.717) is 10.5 Å². The van der Waals surface area contributed by atoms with Gasteiger partial charge in [-0.2, -0.15) is 0 Å². The van der Waals surface area contributed by atoms with Crippen molar-refractivity contribution in [3.8, 4) is 0 Å². The first-order valence-corrected chi connectivity index (χ1v) is 13.0. The molecule has 5 nitrogen and oxygen atoms in total. The Kier molecular flexibility index (Phi) is 8.30. The lowest BCUT2D eigenvalue weighted by molar-refractivity contribution is -0.145. The Labute approximate surface area is 226 Å². The average Bonchev–Trinajstić information content (AvgIpc) is 3.15. The van der Waals surface area contributed by atoms with E-state index in [1.807, 2.05) is 66.7 Å². The minimum absolute atomic E-state index is 0.0984. The molecule has 180 valence electrons. The number of aliphatic carboxylic acids is 1. The molecule has 0 radical (unpaired) electrons. The quantitative estimate of drug-likeness (QED) is 0.194. The summed E-state index contributed by atoms with van der Waals surface area (Å²) in [5, 5.41) is 9.80. The van der Waals surface area contributed by atoms with Gasteiger partial charge in [0.1, 0.15) is 10.4 Å². The molecule has 1 atom stereocenters. The molecule has 1 fully saturated rings. The maximum Gasteiger partial charge on any atom is 0.327 e. The van der Waals surface area contributed by atoms with Crippen molar-refractivity contribution in [3.05, 3.63) is 117 Å². The monoisotopic (exact) mass is 577 g/mol. The number of nitrogens with zero attached hydrogens (tertiary/aromatic N) is 1. The number of carbonyl (C=O) groups is 3. The van der Waals surface area contributed by atoms with Crippen molar-refractivity contribution in [2.24, 2.45) is 0 Å². The molecule has 1 amide bonds. The molecule has 0 aliphatic carbocycles. The van der Waals surface area contributed by atoms with Crippen LogP contribution in [0.15, 0.2) is 94.3 Å². The molecule has 0 aromatic heterocycles. The highest BCUT2D eigenvalue weighted by molar-refractivity contribution is 9.10. The zero-order valence-electron chi connectivity index (χ0n) is 18.8. The number of hydrogen-bond acceptors (Lipinski definition) is 5. The van der Waals surface area contributed by atoms with Crippen molar-refractivity contribution >= 4 is 74.0 Å². The summed E-state index contributed by atoms with van der Waals surface area (Å²) < 4.78 is 1.13. The highest BCUT2D eigenvalue weighted by Gasteiger charge is 2.40. The third-order valence-electron chi connectivity index (χ3n) is 5.48. The van der Waals surface area contributed by atoms with Crippen LogP contribution in [0.25, 0.3) is 12.2 Å². The van der Waals surface area contributed by atoms with E-state index in [0.717, 1.165) is 32.9 Å². The third kappa shape index (κ3) is 6.26. The van der Waals surface area contributed by atoms with Crippen molar-refractivity contribution < 1.29 is 19.5 Å². The highest BCUT2D eigenvalue weighted by Crippen LogP contribution is 2.34. The number of rotatable bonds is 8. The van der Waals surface area contributed by atoms with Gasteiger partial charge < -0.3 is 5.11 Å². The second-order valence-electron chi connectivity index (χ2n) is 7.97. The lowest BCUT2D eigenvalue weighted by Crippen LogP contribution is -2.45. The number of thiocarbonyl (C=S) groups is 1. The molecular weight excluding hydrogens is 558 g/mol. The molecule has 1 unspecified atom stereocenters. The summed E-state index contributed by atoms with van der Waals surface area (Å²) in [4.78, 5) is 39.0. The Morgan fingerprint density at radius 1 is 0.972 bits per heavy atom. The molecule has 0 bridgehead atoms.